The van der Waals surface area contributed by atoms with E-state index in [2.05, 4.69) is 40.2 Å². The fraction of sp³-hybridized carbons (Fsp3) is 0.103. The highest BCUT2D eigenvalue weighted by Crippen LogP contribution is 2.35. The molecule has 1 aromatic heterocycles. The van der Waals surface area contributed by atoms with Gasteiger partial charge in [-0.15, -0.1) is 0 Å². The van der Waals surface area contributed by atoms with Gasteiger partial charge in [0.15, 0.2) is 4.80 Å². The van der Waals surface area contributed by atoms with Gasteiger partial charge in [0.2, 0.25) is 0 Å². The van der Waals surface area contributed by atoms with Gasteiger partial charge in [-0.3, -0.25) is 9.36 Å². The van der Waals surface area contributed by atoms with Gasteiger partial charge in [-0.25, -0.2) is 14.2 Å². The predicted octanol–water partition coefficient (Wildman–Crippen LogP) is 7.57. The number of carbonyl (C=O) groups is 1. The maximum absolute atomic E-state index is 14.2. The van der Waals surface area contributed by atoms with Gasteiger partial charge in [0.05, 0.1) is 32.9 Å². The number of esters is 1. The van der Waals surface area contributed by atoms with E-state index in [9.17, 15) is 14.0 Å². The average Bonchev–Trinajstić information content (AvgIpc) is 3.42. The number of ether oxygens (including phenoxy) is 2. The highest BCUT2D eigenvalue weighted by atomic mass is 79.9. The summed E-state index contributed by atoms with van der Waals surface area (Å²) < 4.78 is 28.4. The van der Waals surface area contributed by atoms with Gasteiger partial charge in [0.25, 0.3) is 5.56 Å². The summed E-state index contributed by atoms with van der Waals surface area (Å²) in [6.07, 6.45) is 1.79. The second kappa shape index (κ2) is 13.5. The topological polar surface area (TPSA) is 69.9 Å². The number of hydrogen-bond donors (Lipinski definition) is 0. The predicted molar refractivity (Wildman–Crippen MR) is 190 cm³/mol. The summed E-state index contributed by atoms with van der Waals surface area (Å²) in [5.74, 6) is -0.345. The molecular weight excluding hydrogens is 691 g/mol. The Morgan fingerprint density at radius 1 is 0.958 bits per heavy atom. The van der Waals surface area contributed by atoms with Gasteiger partial charge >= 0.3 is 5.97 Å². The first kappa shape index (κ1) is 31.5. The molecule has 238 valence electrons. The first-order chi connectivity index (χ1) is 23.4. The van der Waals surface area contributed by atoms with Crippen LogP contribution in [0.2, 0.25) is 0 Å². The van der Waals surface area contributed by atoms with Crippen molar-refractivity contribution in [2.24, 2.45) is 4.99 Å². The molecule has 1 aliphatic heterocycles. The van der Waals surface area contributed by atoms with E-state index in [1.165, 1.54) is 28.0 Å². The summed E-state index contributed by atoms with van der Waals surface area (Å²) >= 11 is 4.87. The molecule has 0 aliphatic carbocycles. The van der Waals surface area contributed by atoms with Crippen LogP contribution in [-0.4, -0.2) is 17.1 Å². The number of fused-ring (bicyclic) bond motifs is 2. The van der Waals surface area contributed by atoms with E-state index in [-0.39, 0.29) is 17.7 Å². The third kappa shape index (κ3) is 6.14. The van der Waals surface area contributed by atoms with Gasteiger partial charge in [-0.2, -0.15) is 0 Å². The largest absolute Gasteiger partial charge is 0.488 e. The van der Waals surface area contributed by atoms with Crippen molar-refractivity contribution in [3.8, 4) is 5.75 Å². The molecular formula is C39H28BrFN2O4S. The lowest BCUT2D eigenvalue weighted by Gasteiger charge is -2.25. The molecule has 48 heavy (non-hydrogen) atoms. The van der Waals surface area contributed by atoms with Crippen molar-refractivity contribution < 1.29 is 18.7 Å². The fourth-order valence-corrected chi connectivity index (χ4v) is 7.36. The summed E-state index contributed by atoms with van der Waals surface area (Å²) in [5.41, 5.74) is 3.41. The Labute approximate surface area is 287 Å². The fourth-order valence-electron chi connectivity index (χ4n) is 5.85. The summed E-state index contributed by atoms with van der Waals surface area (Å²) in [4.78, 5) is 33.0. The van der Waals surface area contributed by atoms with E-state index >= 15 is 0 Å². The molecule has 0 unspecified atom stereocenters. The van der Waals surface area contributed by atoms with Crippen LogP contribution in [0.3, 0.4) is 0 Å². The van der Waals surface area contributed by atoms with Crippen LogP contribution < -0.4 is 19.6 Å². The molecule has 0 N–H and O–H groups in total. The maximum atomic E-state index is 14.2. The van der Waals surface area contributed by atoms with E-state index in [1.54, 1.807) is 25.1 Å². The highest BCUT2D eigenvalue weighted by molar-refractivity contribution is 9.10. The van der Waals surface area contributed by atoms with Crippen LogP contribution in [0.25, 0.3) is 22.5 Å². The van der Waals surface area contributed by atoms with Gasteiger partial charge in [0, 0.05) is 5.56 Å². The molecule has 5 aromatic carbocycles. The number of aromatic nitrogens is 1. The zero-order chi connectivity index (χ0) is 33.2. The van der Waals surface area contributed by atoms with Gasteiger partial charge in [-0.05, 0) is 80.7 Å². The van der Waals surface area contributed by atoms with E-state index < -0.39 is 17.8 Å². The minimum atomic E-state index is -0.880. The number of carbonyl (C=O) groups excluding carboxylic acids is 1. The van der Waals surface area contributed by atoms with Crippen molar-refractivity contribution in [3.05, 3.63) is 173 Å². The summed E-state index contributed by atoms with van der Waals surface area (Å²) in [6.45, 7) is 2.26. The van der Waals surface area contributed by atoms with Gasteiger partial charge in [-0.1, -0.05) is 102 Å². The molecule has 6 nitrogen and oxygen atoms in total. The zero-order valence-corrected chi connectivity index (χ0v) is 28.1. The molecule has 0 fully saturated rings. The number of thiazole rings is 1. The molecule has 0 saturated carbocycles. The number of halogens is 2. The Kier molecular flexibility index (Phi) is 8.88. The van der Waals surface area contributed by atoms with Crippen molar-refractivity contribution in [1.82, 2.24) is 4.57 Å². The molecule has 0 radical (unpaired) electrons. The lowest BCUT2D eigenvalue weighted by atomic mass is 9.93. The zero-order valence-electron chi connectivity index (χ0n) is 25.7. The molecule has 9 heteroatoms. The molecule has 0 saturated heterocycles. The molecule has 0 spiro atoms. The minimum absolute atomic E-state index is 0.140. The van der Waals surface area contributed by atoms with Crippen molar-refractivity contribution >= 4 is 55.8 Å². The molecule has 6 aromatic rings. The molecule has 2 heterocycles. The minimum Gasteiger partial charge on any atom is -0.488 e. The first-order valence-corrected chi connectivity index (χ1v) is 16.9. The first-order valence-electron chi connectivity index (χ1n) is 15.3. The number of nitrogens with zero attached hydrogens (tertiary/aromatic N) is 2. The second-order valence-corrected chi connectivity index (χ2v) is 13.0. The van der Waals surface area contributed by atoms with E-state index in [0.29, 0.717) is 38.5 Å². The molecule has 7 rings (SSSR count). The van der Waals surface area contributed by atoms with Gasteiger partial charge in [0.1, 0.15) is 18.2 Å². The SMILES string of the molecule is CCOC(=O)C1=C(c2ccccc2)N=c2s/c(=C\c3ccc(OCc4cccc5ccccc45)c(Br)c3)c(=O)n2[C@@H]1c1ccc(F)cc1. The Hall–Kier alpha value is -5.12. The van der Waals surface area contributed by atoms with Crippen molar-refractivity contribution in [1.29, 1.82) is 0 Å². The molecule has 0 amide bonds. The Balaban J connectivity index is 1.29. The number of hydrogen-bond acceptors (Lipinski definition) is 6. The van der Waals surface area contributed by atoms with Crippen molar-refractivity contribution in [2.75, 3.05) is 6.61 Å². The van der Waals surface area contributed by atoms with Crippen LogP contribution in [0, 0.1) is 5.82 Å². The second-order valence-electron chi connectivity index (χ2n) is 11.1. The van der Waals surface area contributed by atoms with Crippen LogP contribution in [0.1, 0.15) is 35.2 Å². The Morgan fingerprint density at radius 3 is 2.48 bits per heavy atom. The summed E-state index contributed by atoms with van der Waals surface area (Å²) in [6, 6.07) is 34.2. The van der Waals surface area contributed by atoms with Crippen LogP contribution in [-0.2, 0) is 16.1 Å². The van der Waals surface area contributed by atoms with Crippen molar-refractivity contribution in [3.63, 3.8) is 0 Å². The smallest absolute Gasteiger partial charge is 0.338 e. The van der Waals surface area contributed by atoms with Crippen LogP contribution in [0.15, 0.2) is 135 Å². The average molecular weight is 720 g/mol. The molecule has 0 bridgehead atoms. The number of rotatable bonds is 8. The molecule has 1 atom stereocenters. The van der Waals surface area contributed by atoms with Crippen LogP contribution >= 0.6 is 27.3 Å². The quantitative estimate of drug-likeness (QED) is 0.152. The van der Waals surface area contributed by atoms with Crippen molar-refractivity contribution in [2.45, 2.75) is 19.6 Å². The third-order valence-corrected chi connectivity index (χ3v) is 9.68. The Bertz CT molecular complexity index is 2380. The van der Waals surface area contributed by atoms with E-state index in [4.69, 9.17) is 14.5 Å². The lowest BCUT2D eigenvalue weighted by Crippen LogP contribution is -2.40. The molecule has 1 aliphatic rings. The lowest BCUT2D eigenvalue weighted by molar-refractivity contribution is -0.138. The third-order valence-electron chi connectivity index (χ3n) is 8.08. The monoisotopic (exact) mass is 718 g/mol. The number of benzene rings is 5. The van der Waals surface area contributed by atoms with Crippen LogP contribution in [0.4, 0.5) is 4.39 Å². The normalized spacial score (nSPS) is 14.5. The maximum Gasteiger partial charge on any atom is 0.338 e. The standard InChI is InChI=1S/C39H28BrFN2O4S/c1-2-46-38(45)34-35(26-10-4-3-5-11-26)42-39-43(36(34)27-16-18-29(41)19-17-27)37(44)33(48-39)22-24-15-20-32(31(40)21-24)47-23-28-13-8-12-25-9-6-7-14-30(25)28/h3-22,36H,2,23H2,1H3/b33-22-/t36-/m1/s1. The Morgan fingerprint density at radius 2 is 1.71 bits per heavy atom. The van der Waals surface area contributed by atoms with E-state index in [1.807, 2.05) is 66.7 Å². The van der Waals surface area contributed by atoms with Gasteiger partial charge < -0.3 is 9.47 Å². The summed E-state index contributed by atoms with van der Waals surface area (Å²) in [5, 5.41) is 2.30. The summed E-state index contributed by atoms with van der Waals surface area (Å²) in [7, 11) is 0. The highest BCUT2D eigenvalue weighted by Gasteiger charge is 2.35. The van der Waals surface area contributed by atoms with E-state index in [0.717, 1.165) is 26.4 Å². The van der Waals surface area contributed by atoms with Crippen LogP contribution in [0.5, 0.6) is 5.75 Å².